The van der Waals surface area contributed by atoms with Gasteiger partial charge in [0.25, 0.3) is 5.91 Å². The van der Waals surface area contributed by atoms with Crippen molar-refractivity contribution in [3.63, 3.8) is 0 Å². The number of ether oxygens (including phenoxy) is 1. The Morgan fingerprint density at radius 1 is 1.06 bits per heavy atom. The molecule has 0 bridgehead atoms. The van der Waals surface area contributed by atoms with Crippen LogP contribution >= 0.6 is 0 Å². The third kappa shape index (κ3) is 7.91. The van der Waals surface area contributed by atoms with E-state index in [1.807, 2.05) is 24.3 Å². The predicted octanol–water partition coefficient (Wildman–Crippen LogP) is 2.67. The van der Waals surface area contributed by atoms with Crippen LogP contribution in [0.3, 0.4) is 0 Å². The highest BCUT2D eigenvalue weighted by atomic mass is 16.5. The Hall–Kier alpha value is -3.39. The number of hydrogen-bond donors (Lipinski definition) is 3. The molecule has 33 heavy (non-hydrogen) atoms. The normalized spacial score (nSPS) is 15.0. The quantitative estimate of drug-likeness (QED) is 0.515. The lowest BCUT2D eigenvalue weighted by atomic mass is 10.1. The molecule has 8 nitrogen and oxygen atoms in total. The first-order valence-electron chi connectivity index (χ1n) is 11.2. The zero-order valence-corrected chi connectivity index (χ0v) is 19.2. The molecule has 0 radical (unpaired) electrons. The number of rotatable bonds is 10. The molecule has 0 spiro atoms. The summed E-state index contributed by atoms with van der Waals surface area (Å²) in [4.78, 5) is 38.0. The summed E-state index contributed by atoms with van der Waals surface area (Å²) in [5.74, 6) is -0.307. The van der Waals surface area contributed by atoms with Crippen LogP contribution in [0.1, 0.15) is 35.2 Å². The maximum atomic E-state index is 12.4. The van der Waals surface area contributed by atoms with E-state index in [-0.39, 0.29) is 30.4 Å². The summed E-state index contributed by atoms with van der Waals surface area (Å²) >= 11 is 0. The molecular formula is C25H32N4O4. The van der Waals surface area contributed by atoms with Crippen molar-refractivity contribution in [2.45, 2.75) is 31.8 Å². The van der Waals surface area contributed by atoms with Gasteiger partial charge in [-0.25, -0.2) is 0 Å². The monoisotopic (exact) mass is 452 g/mol. The van der Waals surface area contributed by atoms with Gasteiger partial charge >= 0.3 is 0 Å². The highest BCUT2D eigenvalue weighted by Gasteiger charge is 2.17. The number of nitrogens with zero attached hydrogens (tertiary/aromatic N) is 1. The van der Waals surface area contributed by atoms with Gasteiger partial charge in [-0.3, -0.25) is 14.4 Å². The number of anilines is 2. The molecule has 0 saturated carbocycles. The van der Waals surface area contributed by atoms with E-state index >= 15 is 0 Å². The van der Waals surface area contributed by atoms with Crippen molar-refractivity contribution in [1.29, 1.82) is 0 Å². The van der Waals surface area contributed by atoms with Crippen LogP contribution < -0.4 is 16.0 Å². The molecule has 1 unspecified atom stereocenters. The molecule has 1 aliphatic heterocycles. The predicted molar refractivity (Wildman–Crippen MR) is 128 cm³/mol. The average molecular weight is 453 g/mol. The van der Waals surface area contributed by atoms with Crippen LogP contribution in [0, 0.1) is 0 Å². The van der Waals surface area contributed by atoms with E-state index in [2.05, 4.69) is 16.0 Å². The number of carbonyl (C=O) groups is 3. The van der Waals surface area contributed by atoms with E-state index in [4.69, 9.17) is 4.74 Å². The highest BCUT2D eigenvalue weighted by Crippen LogP contribution is 2.14. The van der Waals surface area contributed by atoms with E-state index < -0.39 is 0 Å². The topological polar surface area (TPSA) is 99.8 Å². The van der Waals surface area contributed by atoms with Gasteiger partial charge in [-0.2, -0.15) is 0 Å². The van der Waals surface area contributed by atoms with Crippen LogP contribution in [0.25, 0.3) is 0 Å². The maximum Gasteiger partial charge on any atom is 0.251 e. The highest BCUT2D eigenvalue weighted by molar-refractivity contribution is 5.98. The van der Waals surface area contributed by atoms with Gasteiger partial charge in [0.05, 0.1) is 12.6 Å². The number of amides is 3. The van der Waals surface area contributed by atoms with Crippen molar-refractivity contribution in [1.82, 2.24) is 10.2 Å². The Morgan fingerprint density at radius 3 is 2.55 bits per heavy atom. The first kappa shape index (κ1) is 24.3. The van der Waals surface area contributed by atoms with Gasteiger partial charge in [0.2, 0.25) is 11.8 Å². The molecule has 176 valence electrons. The lowest BCUT2D eigenvalue weighted by Gasteiger charge is -2.12. The van der Waals surface area contributed by atoms with Gasteiger partial charge in [-0.1, -0.05) is 18.2 Å². The molecule has 2 aromatic carbocycles. The van der Waals surface area contributed by atoms with E-state index in [1.165, 1.54) is 0 Å². The number of aryl methyl sites for hydroxylation is 1. The van der Waals surface area contributed by atoms with Crippen molar-refractivity contribution in [3.8, 4) is 0 Å². The average Bonchev–Trinajstić information content (AvgIpc) is 3.34. The molecule has 0 aromatic heterocycles. The number of hydrogen-bond acceptors (Lipinski definition) is 5. The Morgan fingerprint density at radius 2 is 1.85 bits per heavy atom. The number of benzene rings is 2. The molecule has 1 atom stereocenters. The summed E-state index contributed by atoms with van der Waals surface area (Å²) in [6.45, 7) is 1.33. The maximum absolute atomic E-state index is 12.4. The van der Waals surface area contributed by atoms with Crippen LogP contribution in [0.4, 0.5) is 11.4 Å². The minimum absolute atomic E-state index is 0.0810. The summed E-state index contributed by atoms with van der Waals surface area (Å²) in [7, 11) is 3.50. The fourth-order valence-corrected chi connectivity index (χ4v) is 3.50. The molecule has 8 heteroatoms. The molecule has 3 rings (SSSR count). The zero-order chi connectivity index (χ0) is 23.6. The standard InChI is InChI=1S/C25H32N4O4/c1-29(2)24(31)13-10-18-8-11-20(12-9-18)26-17-23(30)28-21-6-3-5-19(15-21)25(32)27-16-22-7-4-14-33-22/h3,5-6,8-9,11-12,15,22,26H,4,7,10,13-14,16-17H2,1-2H3,(H,27,32)(H,28,30). The third-order valence-electron chi connectivity index (χ3n) is 5.46. The summed E-state index contributed by atoms with van der Waals surface area (Å²) in [5, 5.41) is 8.78. The Labute approximate surface area is 194 Å². The van der Waals surface area contributed by atoms with Gasteiger partial charge in [0.15, 0.2) is 0 Å². The lowest BCUT2D eigenvalue weighted by molar-refractivity contribution is -0.128. The van der Waals surface area contributed by atoms with Crippen molar-refractivity contribution in [2.75, 3.05) is 44.4 Å². The van der Waals surface area contributed by atoms with E-state index in [1.54, 1.807) is 43.3 Å². The van der Waals surface area contributed by atoms with Crippen molar-refractivity contribution >= 4 is 29.1 Å². The summed E-state index contributed by atoms with van der Waals surface area (Å²) in [5.41, 5.74) is 2.93. The first-order chi connectivity index (χ1) is 15.9. The largest absolute Gasteiger partial charge is 0.376 e. The van der Waals surface area contributed by atoms with Crippen molar-refractivity contribution in [2.24, 2.45) is 0 Å². The minimum Gasteiger partial charge on any atom is -0.376 e. The fourth-order valence-electron chi connectivity index (χ4n) is 3.50. The van der Waals surface area contributed by atoms with Gasteiger partial charge in [0, 0.05) is 50.6 Å². The Kier molecular flexibility index (Phi) is 8.83. The van der Waals surface area contributed by atoms with Gasteiger partial charge in [0.1, 0.15) is 0 Å². The van der Waals surface area contributed by atoms with Gasteiger partial charge < -0.3 is 25.6 Å². The summed E-state index contributed by atoms with van der Waals surface area (Å²) in [6.07, 6.45) is 3.21. The smallest absolute Gasteiger partial charge is 0.251 e. The second-order valence-corrected chi connectivity index (χ2v) is 8.31. The molecule has 1 heterocycles. The molecule has 0 aliphatic carbocycles. The molecule has 1 aliphatic rings. The molecule has 1 saturated heterocycles. The molecular weight excluding hydrogens is 420 g/mol. The SMILES string of the molecule is CN(C)C(=O)CCc1ccc(NCC(=O)Nc2cccc(C(=O)NCC3CCCO3)c2)cc1. The second-order valence-electron chi connectivity index (χ2n) is 8.31. The Balaban J connectivity index is 1.43. The van der Waals surface area contributed by atoms with Crippen LogP contribution in [-0.2, 0) is 20.7 Å². The van der Waals surface area contributed by atoms with E-state index in [9.17, 15) is 14.4 Å². The van der Waals surface area contributed by atoms with E-state index in [0.29, 0.717) is 30.6 Å². The molecule has 3 amide bonds. The minimum atomic E-state index is -0.215. The number of carbonyl (C=O) groups excluding carboxylic acids is 3. The molecule has 3 N–H and O–H groups in total. The number of nitrogens with one attached hydrogen (secondary N) is 3. The van der Waals surface area contributed by atoms with E-state index in [0.717, 1.165) is 30.7 Å². The van der Waals surface area contributed by atoms with Crippen LogP contribution in [0.2, 0.25) is 0 Å². The summed E-state index contributed by atoms with van der Waals surface area (Å²) in [6, 6.07) is 14.5. The van der Waals surface area contributed by atoms with Crippen molar-refractivity contribution < 1.29 is 19.1 Å². The van der Waals surface area contributed by atoms with Crippen LogP contribution in [-0.4, -0.2) is 62.5 Å². The first-order valence-corrected chi connectivity index (χ1v) is 11.2. The van der Waals surface area contributed by atoms with Gasteiger partial charge in [-0.15, -0.1) is 0 Å². The Bertz CT molecular complexity index is 953. The second kappa shape index (κ2) is 12.0. The molecule has 2 aromatic rings. The van der Waals surface area contributed by atoms with Crippen LogP contribution in [0.15, 0.2) is 48.5 Å². The van der Waals surface area contributed by atoms with Crippen molar-refractivity contribution in [3.05, 3.63) is 59.7 Å². The third-order valence-corrected chi connectivity index (χ3v) is 5.46. The van der Waals surface area contributed by atoms with Crippen LogP contribution in [0.5, 0.6) is 0 Å². The summed E-state index contributed by atoms with van der Waals surface area (Å²) < 4.78 is 5.52. The van der Waals surface area contributed by atoms with Gasteiger partial charge in [-0.05, 0) is 55.2 Å². The fraction of sp³-hybridized carbons (Fsp3) is 0.400. The lowest BCUT2D eigenvalue weighted by Crippen LogP contribution is -2.31. The zero-order valence-electron chi connectivity index (χ0n) is 19.2. The molecule has 1 fully saturated rings.